The second-order valence-corrected chi connectivity index (χ2v) is 10.4. The fourth-order valence-corrected chi connectivity index (χ4v) is 5.62. The molecule has 6 heteroatoms. The summed E-state index contributed by atoms with van der Waals surface area (Å²) >= 11 is 6.26. The van der Waals surface area contributed by atoms with Crippen LogP contribution in [-0.2, 0) is 16.0 Å². The van der Waals surface area contributed by atoms with Crippen molar-refractivity contribution >= 4 is 28.4 Å². The number of benzene rings is 1. The van der Waals surface area contributed by atoms with Gasteiger partial charge in [0.05, 0.1) is 12.1 Å². The Morgan fingerprint density at radius 2 is 1.97 bits per heavy atom. The number of hydrogen-bond donors (Lipinski definition) is 1. The predicted octanol–water partition coefficient (Wildman–Crippen LogP) is 4.94. The van der Waals surface area contributed by atoms with E-state index in [1.165, 1.54) is 29.5 Å². The number of amides is 1. The van der Waals surface area contributed by atoms with Gasteiger partial charge < -0.3 is 19.5 Å². The third-order valence-electron chi connectivity index (χ3n) is 7.21. The molecular weight excluding hydrogens is 410 g/mol. The summed E-state index contributed by atoms with van der Waals surface area (Å²) in [5.41, 5.74) is 3.61. The molecule has 3 heterocycles. The topological polar surface area (TPSA) is 48.6 Å². The lowest BCUT2D eigenvalue weighted by atomic mass is 9.91. The van der Waals surface area contributed by atoms with Crippen molar-refractivity contribution in [3.63, 3.8) is 0 Å². The van der Waals surface area contributed by atoms with Crippen LogP contribution in [0.15, 0.2) is 18.2 Å². The van der Waals surface area contributed by atoms with Crippen LogP contribution in [-0.4, -0.2) is 59.1 Å². The minimum atomic E-state index is 0.0720. The molecule has 5 rings (SSSR count). The Labute approximate surface area is 190 Å². The summed E-state index contributed by atoms with van der Waals surface area (Å²) in [6.45, 7) is 7.62. The van der Waals surface area contributed by atoms with Gasteiger partial charge in [0.1, 0.15) is 6.61 Å². The lowest BCUT2D eigenvalue weighted by molar-refractivity contribution is -0.142. The Bertz CT molecular complexity index is 944. The molecule has 1 N–H and O–H groups in total. The minimum absolute atomic E-state index is 0.0720. The summed E-state index contributed by atoms with van der Waals surface area (Å²) in [7, 11) is 0. The monoisotopic (exact) mass is 443 g/mol. The zero-order valence-electron chi connectivity index (χ0n) is 18.7. The van der Waals surface area contributed by atoms with Gasteiger partial charge in [-0.1, -0.05) is 25.4 Å². The maximum absolute atomic E-state index is 13.2. The lowest BCUT2D eigenvalue weighted by Gasteiger charge is -2.37. The molecule has 0 bridgehead atoms. The number of hydrogen-bond acceptors (Lipinski definition) is 3. The number of nitrogens with one attached hydrogen (secondary N) is 1. The molecule has 3 aliphatic rings. The predicted molar refractivity (Wildman–Crippen MR) is 124 cm³/mol. The van der Waals surface area contributed by atoms with Crippen LogP contribution < -0.4 is 0 Å². The van der Waals surface area contributed by atoms with Crippen LogP contribution in [0.4, 0.5) is 0 Å². The molecule has 1 unspecified atom stereocenters. The summed E-state index contributed by atoms with van der Waals surface area (Å²) in [5, 5.41) is 1.95. The number of aromatic nitrogens is 1. The molecule has 1 aromatic heterocycles. The zero-order valence-corrected chi connectivity index (χ0v) is 19.5. The molecule has 0 spiro atoms. The number of fused-ring (bicyclic) bond motifs is 3. The van der Waals surface area contributed by atoms with E-state index in [4.69, 9.17) is 16.3 Å². The van der Waals surface area contributed by atoms with E-state index in [9.17, 15) is 4.79 Å². The van der Waals surface area contributed by atoms with Crippen LogP contribution in [0.3, 0.4) is 0 Å². The quantitative estimate of drug-likeness (QED) is 0.688. The molecule has 2 aliphatic heterocycles. The number of nitrogens with zero attached hydrogens (tertiary/aromatic N) is 2. The fraction of sp³-hybridized carbons (Fsp3) is 0.640. The molecule has 2 aromatic rings. The van der Waals surface area contributed by atoms with Crippen LogP contribution in [0.1, 0.15) is 63.3 Å². The zero-order chi connectivity index (χ0) is 21.5. The van der Waals surface area contributed by atoms with Gasteiger partial charge in [0.15, 0.2) is 0 Å². The summed E-state index contributed by atoms with van der Waals surface area (Å²) in [5.74, 6) is 0.617. The van der Waals surface area contributed by atoms with E-state index in [2.05, 4.69) is 28.6 Å². The molecule has 1 saturated carbocycles. The van der Waals surface area contributed by atoms with E-state index >= 15 is 0 Å². The number of ether oxygens (including phenoxy) is 1. The van der Waals surface area contributed by atoms with E-state index in [0.29, 0.717) is 5.92 Å². The smallest absolute Gasteiger partial charge is 0.249 e. The summed E-state index contributed by atoms with van der Waals surface area (Å²) < 4.78 is 6.12. The van der Waals surface area contributed by atoms with Gasteiger partial charge in [0, 0.05) is 47.3 Å². The average molecular weight is 444 g/mol. The molecule has 2 fully saturated rings. The van der Waals surface area contributed by atoms with E-state index < -0.39 is 0 Å². The SMILES string of the molecule is CC(C)CC1c2[nH]c3ccc(Cl)cc3c2CCN1C(=O)COC1CCN(C2CC2)CC1. The van der Waals surface area contributed by atoms with E-state index in [1.807, 2.05) is 18.2 Å². The normalized spacial score (nSPS) is 23.0. The van der Waals surface area contributed by atoms with Crippen molar-refractivity contribution in [2.75, 3.05) is 26.2 Å². The van der Waals surface area contributed by atoms with Crippen molar-refractivity contribution in [2.24, 2.45) is 5.92 Å². The number of carbonyl (C=O) groups is 1. The van der Waals surface area contributed by atoms with E-state index in [-0.39, 0.29) is 24.7 Å². The molecule has 1 saturated heterocycles. The van der Waals surface area contributed by atoms with Crippen LogP contribution in [0.2, 0.25) is 5.02 Å². The summed E-state index contributed by atoms with van der Waals surface area (Å²) in [6, 6.07) is 6.92. The van der Waals surface area contributed by atoms with E-state index in [0.717, 1.165) is 61.9 Å². The molecule has 1 atom stereocenters. The van der Waals surface area contributed by atoms with Crippen LogP contribution >= 0.6 is 11.6 Å². The first-order chi connectivity index (χ1) is 15.0. The van der Waals surface area contributed by atoms with Gasteiger partial charge in [-0.3, -0.25) is 4.79 Å². The molecule has 31 heavy (non-hydrogen) atoms. The summed E-state index contributed by atoms with van der Waals surface area (Å²) in [4.78, 5) is 21.5. The highest BCUT2D eigenvalue weighted by Gasteiger charge is 2.35. The Balaban J connectivity index is 1.28. The van der Waals surface area contributed by atoms with Crippen molar-refractivity contribution in [1.29, 1.82) is 0 Å². The molecule has 1 amide bonds. The second-order valence-electron chi connectivity index (χ2n) is 9.97. The summed E-state index contributed by atoms with van der Waals surface area (Å²) in [6.07, 6.45) is 6.83. The van der Waals surface area contributed by atoms with Gasteiger partial charge in [0.2, 0.25) is 5.91 Å². The van der Waals surface area contributed by atoms with Crippen molar-refractivity contribution in [3.05, 3.63) is 34.5 Å². The number of likely N-dealkylation sites (tertiary alicyclic amines) is 1. The van der Waals surface area contributed by atoms with Crippen molar-refractivity contribution in [3.8, 4) is 0 Å². The van der Waals surface area contributed by atoms with Gasteiger partial charge in [-0.2, -0.15) is 0 Å². The fourth-order valence-electron chi connectivity index (χ4n) is 5.45. The third-order valence-corrected chi connectivity index (χ3v) is 7.45. The number of carbonyl (C=O) groups excluding carboxylic acids is 1. The van der Waals surface area contributed by atoms with Crippen LogP contribution in [0.5, 0.6) is 0 Å². The lowest BCUT2D eigenvalue weighted by Crippen LogP contribution is -2.44. The van der Waals surface area contributed by atoms with Crippen molar-refractivity contribution in [2.45, 2.75) is 70.6 Å². The second kappa shape index (κ2) is 8.76. The highest BCUT2D eigenvalue weighted by molar-refractivity contribution is 6.31. The molecule has 5 nitrogen and oxygen atoms in total. The van der Waals surface area contributed by atoms with Gasteiger partial charge >= 0.3 is 0 Å². The minimum Gasteiger partial charge on any atom is -0.368 e. The number of halogens is 1. The van der Waals surface area contributed by atoms with E-state index in [1.54, 1.807) is 0 Å². The van der Waals surface area contributed by atoms with Crippen LogP contribution in [0, 0.1) is 5.92 Å². The standard InChI is InChI=1S/C25H34ClN3O2/c1-16(2)13-23-25-20(21-14-17(26)3-6-22(21)27-25)9-12-29(23)24(30)15-31-19-7-10-28(11-8-19)18-4-5-18/h3,6,14,16,18-19,23,27H,4-5,7-13,15H2,1-2H3. The maximum Gasteiger partial charge on any atom is 0.249 e. The van der Waals surface area contributed by atoms with Crippen molar-refractivity contribution < 1.29 is 9.53 Å². The Hall–Kier alpha value is -1.56. The Kier molecular flexibility index (Phi) is 6.02. The highest BCUT2D eigenvalue weighted by Crippen LogP contribution is 2.38. The maximum atomic E-state index is 13.2. The van der Waals surface area contributed by atoms with Crippen molar-refractivity contribution in [1.82, 2.24) is 14.8 Å². The Morgan fingerprint density at radius 1 is 1.19 bits per heavy atom. The molecule has 1 aromatic carbocycles. The first kappa shape index (κ1) is 21.3. The van der Waals surface area contributed by atoms with Gasteiger partial charge in [-0.25, -0.2) is 0 Å². The number of piperidine rings is 1. The molecule has 168 valence electrons. The largest absolute Gasteiger partial charge is 0.368 e. The highest BCUT2D eigenvalue weighted by atomic mass is 35.5. The van der Waals surface area contributed by atoms with Gasteiger partial charge in [0.25, 0.3) is 0 Å². The third kappa shape index (κ3) is 4.50. The van der Waals surface area contributed by atoms with Gasteiger partial charge in [-0.15, -0.1) is 0 Å². The first-order valence-electron chi connectivity index (χ1n) is 11.9. The van der Waals surface area contributed by atoms with Gasteiger partial charge in [-0.05, 0) is 68.2 Å². The van der Waals surface area contributed by atoms with Crippen LogP contribution in [0.25, 0.3) is 10.9 Å². The Morgan fingerprint density at radius 3 is 2.68 bits per heavy atom. The number of rotatable bonds is 6. The number of aromatic amines is 1. The molecule has 0 radical (unpaired) electrons. The number of H-pyrrole nitrogens is 1. The average Bonchev–Trinajstić information content (AvgIpc) is 3.54. The molecule has 1 aliphatic carbocycles. The first-order valence-corrected chi connectivity index (χ1v) is 12.3. The molecular formula is C25H34ClN3O2.